The Kier molecular flexibility index (Phi) is 11.5. The van der Waals surface area contributed by atoms with E-state index in [1.54, 1.807) is 0 Å². The molecule has 0 aromatic carbocycles. The Labute approximate surface area is 84.4 Å². The van der Waals surface area contributed by atoms with Crippen LogP contribution in [0.3, 0.4) is 0 Å². The Morgan fingerprint density at radius 3 is 2.08 bits per heavy atom. The Hall–Kier alpha value is -0.260. The second kappa shape index (κ2) is 11.7. The van der Waals surface area contributed by atoms with E-state index in [4.69, 9.17) is 0 Å². The molecule has 13 heavy (non-hydrogen) atoms. The fourth-order valence-corrected chi connectivity index (χ4v) is 1.35. The van der Waals surface area contributed by atoms with E-state index >= 15 is 0 Å². The van der Waals surface area contributed by atoms with Crippen molar-refractivity contribution in [3.63, 3.8) is 0 Å². The van der Waals surface area contributed by atoms with Crippen LogP contribution in [-0.4, -0.2) is 0 Å². The Morgan fingerprint density at radius 2 is 1.46 bits per heavy atom. The molecule has 0 saturated heterocycles. The predicted octanol–water partition coefficient (Wildman–Crippen LogP) is 4.91. The number of rotatable bonds is 9. The van der Waals surface area contributed by atoms with Crippen molar-refractivity contribution in [3.05, 3.63) is 19.1 Å². The second-order valence-electron chi connectivity index (χ2n) is 3.67. The molecule has 0 heterocycles. The van der Waals surface area contributed by atoms with Crippen molar-refractivity contribution in [2.45, 2.75) is 64.7 Å². The summed E-state index contributed by atoms with van der Waals surface area (Å²) in [7, 11) is 0. The maximum atomic E-state index is 3.84. The van der Waals surface area contributed by atoms with Gasteiger partial charge in [0.15, 0.2) is 0 Å². The van der Waals surface area contributed by atoms with Gasteiger partial charge in [-0.2, -0.15) is 0 Å². The molecule has 0 atom stereocenters. The molecule has 0 amide bonds. The van der Waals surface area contributed by atoms with E-state index in [0.717, 1.165) is 6.42 Å². The summed E-state index contributed by atoms with van der Waals surface area (Å²) in [5, 5.41) is 0. The molecule has 0 aromatic rings. The van der Waals surface area contributed by atoms with Crippen LogP contribution < -0.4 is 0 Å². The zero-order chi connectivity index (χ0) is 9.78. The quantitative estimate of drug-likeness (QED) is 0.350. The molecule has 1 radical (unpaired) electrons. The standard InChI is InChI=1S/C13H25/c1-3-5-7-9-11-13-12-10-8-6-4-2/h10,12H,1,3-9,11,13H2,2H3. The SMILES string of the molecule is [CH2]CCCCCCC=CCCCC. The minimum atomic E-state index is 1.10. The van der Waals surface area contributed by atoms with Gasteiger partial charge in [0.25, 0.3) is 0 Å². The van der Waals surface area contributed by atoms with E-state index in [9.17, 15) is 0 Å². The van der Waals surface area contributed by atoms with Gasteiger partial charge in [0.1, 0.15) is 0 Å². The van der Waals surface area contributed by atoms with Crippen molar-refractivity contribution in [2.75, 3.05) is 0 Å². The first-order valence-electron chi connectivity index (χ1n) is 5.86. The fraction of sp³-hybridized carbons (Fsp3) is 0.769. The molecule has 0 bridgehead atoms. The van der Waals surface area contributed by atoms with Crippen LogP contribution in [0.25, 0.3) is 0 Å². The normalized spacial score (nSPS) is 11.2. The fourth-order valence-electron chi connectivity index (χ4n) is 1.35. The summed E-state index contributed by atoms with van der Waals surface area (Å²) in [6.07, 6.45) is 16.4. The molecular weight excluding hydrogens is 156 g/mol. The summed E-state index contributed by atoms with van der Waals surface area (Å²) in [6, 6.07) is 0. The van der Waals surface area contributed by atoms with Gasteiger partial charge in [-0.3, -0.25) is 0 Å². The maximum absolute atomic E-state index is 3.84. The van der Waals surface area contributed by atoms with Crippen molar-refractivity contribution in [2.24, 2.45) is 0 Å². The first-order chi connectivity index (χ1) is 6.41. The monoisotopic (exact) mass is 181 g/mol. The predicted molar refractivity (Wildman–Crippen MR) is 61.7 cm³/mol. The van der Waals surface area contributed by atoms with Crippen molar-refractivity contribution >= 4 is 0 Å². The van der Waals surface area contributed by atoms with E-state index in [-0.39, 0.29) is 0 Å². The van der Waals surface area contributed by atoms with Gasteiger partial charge in [0, 0.05) is 0 Å². The molecule has 0 aliphatic carbocycles. The highest BCUT2D eigenvalue weighted by Crippen LogP contribution is 2.05. The summed E-state index contributed by atoms with van der Waals surface area (Å²) in [6.45, 7) is 6.08. The number of unbranched alkanes of at least 4 members (excludes halogenated alkanes) is 7. The minimum absolute atomic E-state index is 1.10. The van der Waals surface area contributed by atoms with Crippen LogP contribution in [0.4, 0.5) is 0 Å². The number of allylic oxidation sites excluding steroid dienone is 2. The molecule has 0 nitrogen and oxygen atoms in total. The number of hydrogen-bond acceptors (Lipinski definition) is 0. The zero-order valence-electron chi connectivity index (χ0n) is 9.23. The average molecular weight is 181 g/mol. The highest BCUT2D eigenvalue weighted by Gasteiger charge is 1.86. The summed E-state index contributed by atoms with van der Waals surface area (Å²) in [5.74, 6) is 0. The summed E-state index contributed by atoms with van der Waals surface area (Å²) in [4.78, 5) is 0. The Balaban J connectivity index is 2.93. The van der Waals surface area contributed by atoms with E-state index in [1.165, 1.54) is 51.4 Å². The van der Waals surface area contributed by atoms with Gasteiger partial charge in [0.05, 0.1) is 0 Å². The van der Waals surface area contributed by atoms with Gasteiger partial charge in [-0.1, -0.05) is 64.5 Å². The molecule has 0 rings (SSSR count). The molecule has 0 saturated carbocycles. The Bertz CT molecular complexity index is 103. The van der Waals surface area contributed by atoms with Crippen LogP contribution in [0, 0.1) is 6.92 Å². The second-order valence-corrected chi connectivity index (χ2v) is 3.67. The lowest BCUT2D eigenvalue weighted by molar-refractivity contribution is 0.650. The van der Waals surface area contributed by atoms with Gasteiger partial charge in [-0.15, -0.1) is 0 Å². The van der Waals surface area contributed by atoms with Crippen LogP contribution in [0.2, 0.25) is 0 Å². The minimum Gasteiger partial charge on any atom is -0.0885 e. The van der Waals surface area contributed by atoms with E-state index in [2.05, 4.69) is 26.0 Å². The third kappa shape index (κ3) is 11.7. The largest absolute Gasteiger partial charge is 0.0885 e. The van der Waals surface area contributed by atoms with Crippen LogP contribution in [0.15, 0.2) is 12.2 Å². The van der Waals surface area contributed by atoms with Gasteiger partial charge in [-0.05, 0) is 19.3 Å². The van der Waals surface area contributed by atoms with E-state index in [1.807, 2.05) is 0 Å². The third-order valence-electron chi connectivity index (χ3n) is 2.26. The highest BCUT2D eigenvalue weighted by atomic mass is 13.9. The Morgan fingerprint density at radius 1 is 0.846 bits per heavy atom. The lowest BCUT2D eigenvalue weighted by Gasteiger charge is -1.95. The smallest absolute Gasteiger partial charge is 0.0351 e. The van der Waals surface area contributed by atoms with Gasteiger partial charge in [0.2, 0.25) is 0 Å². The van der Waals surface area contributed by atoms with E-state index < -0.39 is 0 Å². The topological polar surface area (TPSA) is 0 Å². The molecule has 0 spiro atoms. The summed E-state index contributed by atoms with van der Waals surface area (Å²) >= 11 is 0. The molecule has 0 fully saturated rings. The van der Waals surface area contributed by atoms with Crippen LogP contribution in [-0.2, 0) is 0 Å². The molecule has 0 aromatic heterocycles. The van der Waals surface area contributed by atoms with Crippen LogP contribution >= 0.6 is 0 Å². The zero-order valence-corrected chi connectivity index (χ0v) is 9.23. The lowest BCUT2D eigenvalue weighted by Crippen LogP contribution is -1.76. The molecular formula is C13H25. The van der Waals surface area contributed by atoms with Crippen molar-refractivity contribution in [1.82, 2.24) is 0 Å². The molecule has 0 aliphatic rings. The van der Waals surface area contributed by atoms with Crippen LogP contribution in [0.1, 0.15) is 64.7 Å². The first-order valence-corrected chi connectivity index (χ1v) is 5.86. The third-order valence-corrected chi connectivity index (χ3v) is 2.26. The summed E-state index contributed by atoms with van der Waals surface area (Å²) in [5.41, 5.74) is 0. The van der Waals surface area contributed by atoms with Gasteiger partial charge < -0.3 is 0 Å². The average Bonchev–Trinajstić information content (AvgIpc) is 2.16. The molecule has 77 valence electrons. The van der Waals surface area contributed by atoms with Gasteiger partial charge in [-0.25, -0.2) is 0 Å². The number of hydrogen-bond donors (Lipinski definition) is 0. The molecule has 0 aliphatic heterocycles. The lowest BCUT2D eigenvalue weighted by atomic mass is 10.1. The molecule has 0 heteroatoms. The first kappa shape index (κ1) is 12.7. The van der Waals surface area contributed by atoms with Gasteiger partial charge >= 0.3 is 0 Å². The van der Waals surface area contributed by atoms with Crippen molar-refractivity contribution in [3.8, 4) is 0 Å². The van der Waals surface area contributed by atoms with E-state index in [0.29, 0.717) is 0 Å². The summed E-state index contributed by atoms with van der Waals surface area (Å²) < 4.78 is 0. The molecule has 0 N–H and O–H groups in total. The van der Waals surface area contributed by atoms with Crippen molar-refractivity contribution in [1.29, 1.82) is 0 Å². The maximum Gasteiger partial charge on any atom is -0.0351 e. The van der Waals surface area contributed by atoms with Crippen molar-refractivity contribution < 1.29 is 0 Å². The molecule has 0 unspecified atom stereocenters. The van der Waals surface area contributed by atoms with Crippen LogP contribution in [0.5, 0.6) is 0 Å². The highest BCUT2D eigenvalue weighted by molar-refractivity contribution is 4.80.